The number of amidine groups is 1. The lowest BCUT2D eigenvalue weighted by molar-refractivity contribution is 0.431. The average molecular weight is 397 g/mol. The Labute approximate surface area is 168 Å². The van der Waals surface area contributed by atoms with Gasteiger partial charge in [0.2, 0.25) is 0 Å². The summed E-state index contributed by atoms with van der Waals surface area (Å²) in [5.41, 5.74) is 4.39. The summed E-state index contributed by atoms with van der Waals surface area (Å²) in [5, 5.41) is 15.8. The number of fused-ring (bicyclic) bond motifs is 1. The first kappa shape index (κ1) is 17.4. The summed E-state index contributed by atoms with van der Waals surface area (Å²) >= 11 is 1.43. The third-order valence-electron chi connectivity index (χ3n) is 5.29. The highest BCUT2D eigenvalue weighted by atomic mass is 32.1. The molecule has 5 rings (SSSR count). The van der Waals surface area contributed by atoms with Crippen LogP contribution in [0.5, 0.6) is 0 Å². The molecule has 3 aliphatic rings. The summed E-state index contributed by atoms with van der Waals surface area (Å²) in [5.74, 6) is 1.56. The second kappa shape index (κ2) is 7.06. The van der Waals surface area contributed by atoms with E-state index in [2.05, 4.69) is 36.5 Å². The Bertz CT molecular complexity index is 962. The molecule has 0 aromatic carbocycles. The number of aliphatic imine (C=N–C) groups is 1. The molecule has 9 heteroatoms. The molecule has 28 heavy (non-hydrogen) atoms. The van der Waals surface area contributed by atoms with Crippen molar-refractivity contribution in [2.75, 3.05) is 13.1 Å². The highest BCUT2D eigenvalue weighted by molar-refractivity contribution is 7.09. The topological polar surface area (TPSA) is 82.4 Å². The Morgan fingerprint density at radius 3 is 3.04 bits per heavy atom. The van der Waals surface area contributed by atoms with Crippen LogP contribution in [0.1, 0.15) is 24.1 Å². The molecule has 146 valence electrons. The monoisotopic (exact) mass is 396 g/mol. The zero-order valence-corrected chi connectivity index (χ0v) is 16.8. The van der Waals surface area contributed by atoms with Crippen LogP contribution in [0.4, 0.5) is 5.00 Å². The van der Waals surface area contributed by atoms with Crippen LogP contribution in [0, 0.1) is 12.8 Å². The van der Waals surface area contributed by atoms with Crippen molar-refractivity contribution in [3.05, 3.63) is 47.8 Å². The van der Waals surface area contributed by atoms with Crippen molar-refractivity contribution in [2.45, 2.75) is 25.9 Å². The van der Waals surface area contributed by atoms with Gasteiger partial charge in [-0.05, 0) is 56.4 Å². The van der Waals surface area contributed by atoms with Crippen LogP contribution in [0.15, 0.2) is 41.5 Å². The molecule has 2 aromatic heterocycles. The number of rotatable bonds is 4. The first-order chi connectivity index (χ1) is 13.7. The van der Waals surface area contributed by atoms with E-state index in [-0.39, 0.29) is 6.17 Å². The van der Waals surface area contributed by atoms with Gasteiger partial charge in [-0.1, -0.05) is 0 Å². The fourth-order valence-electron chi connectivity index (χ4n) is 3.94. The van der Waals surface area contributed by atoms with Gasteiger partial charge >= 0.3 is 0 Å². The number of hydrogen-bond donors (Lipinski definition) is 3. The number of aromatic nitrogens is 3. The molecule has 0 bridgehead atoms. The molecule has 2 aromatic rings. The standard InChI is InChI=1S/C19H24N8S/c1-12-5-17(28-25-12)24-18-19-21-9-16(14-8-22-26(2)10-14)27(19)11-15(23-18)6-13-3-4-20-7-13/h5,8-11,13,19-21H,3-4,6-7H2,1-2H3,(H,23,24). The predicted molar refractivity (Wildman–Crippen MR) is 111 cm³/mol. The Balaban J connectivity index is 1.48. The van der Waals surface area contributed by atoms with Crippen LogP contribution >= 0.6 is 11.5 Å². The largest absolute Gasteiger partial charge is 0.363 e. The quantitative estimate of drug-likeness (QED) is 0.732. The van der Waals surface area contributed by atoms with Gasteiger partial charge in [0.25, 0.3) is 0 Å². The first-order valence-corrected chi connectivity index (χ1v) is 10.4. The highest BCUT2D eigenvalue weighted by Crippen LogP contribution is 2.31. The fourth-order valence-corrected chi connectivity index (χ4v) is 4.59. The van der Waals surface area contributed by atoms with E-state index < -0.39 is 0 Å². The molecule has 8 nitrogen and oxygen atoms in total. The van der Waals surface area contributed by atoms with Crippen molar-refractivity contribution in [1.29, 1.82) is 0 Å². The molecule has 3 N–H and O–H groups in total. The van der Waals surface area contributed by atoms with E-state index in [9.17, 15) is 0 Å². The van der Waals surface area contributed by atoms with Gasteiger partial charge < -0.3 is 20.9 Å². The van der Waals surface area contributed by atoms with Crippen LogP contribution in [-0.4, -0.2) is 44.1 Å². The minimum absolute atomic E-state index is 0.0527. The van der Waals surface area contributed by atoms with E-state index in [0.717, 1.165) is 47.3 Å². The molecule has 5 heterocycles. The number of nitrogens with zero attached hydrogens (tertiary/aromatic N) is 5. The van der Waals surface area contributed by atoms with E-state index in [4.69, 9.17) is 4.99 Å². The number of aryl methyl sites for hydroxylation is 2. The molecule has 2 unspecified atom stereocenters. The SMILES string of the molecule is Cc1cc(/N=C2/NC(CC3CCNC3)=CN3C(c4cnn(C)c4)=CNC23)sn1. The van der Waals surface area contributed by atoms with Gasteiger partial charge in [-0.2, -0.15) is 9.47 Å². The smallest absolute Gasteiger partial charge is 0.163 e. The second-order valence-corrected chi connectivity index (χ2v) is 8.34. The van der Waals surface area contributed by atoms with Crippen molar-refractivity contribution in [2.24, 2.45) is 18.0 Å². The van der Waals surface area contributed by atoms with Crippen LogP contribution in [0.25, 0.3) is 5.70 Å². The average Bonchev–Trinajstić information content (AvgIpc) is 3.43. The van der Waals surface area contributed by atoms with Crippen LogP contribution in [0.2, 0.25) is 0 Å². The van der Waals surface area contributed by atoms with Gasteiger partial charge in [0.05, 0.1) is 17.6 Å². The molecule has 3 aliphatic heterocycles. The van der Waals surface area contributed by atoms with E-state index in [1.165, 1.54) is 23.7 Å². The Hall–Kier alpha value is -2.65. The highest BCUT2D eigenvalue weighted by Gasteiger charge is 2.35. The van der Waals surface area contributed by atoms with E-state index in [0.29, 0.717) is 5.92 Å². The summed E-state index contributed by atoms with van der Waals surface area (Å²) in [6, 6.07) is 2.02. The number of hydrogen-bond acceptors (Lipinski definition) is 7. The lowest BCUT2D eigenvalue weighted by Crippen LogP contribution is -2.51. The lowest BCUT2D eigenvalue weighted by Gasteiger charge is -2.33. The Morgan fingerprint density at radius 2 is 2.32 bits per heavy atom. The molecule has 0 spiro atoms. The fraction of sp³-hybridized carbons (Fsp3) is 0.421. The van der Waals surface area contributed by atoms with Gasteiger partial charge in [-0.3, -0.25) is 4.68 Å². The maximum Gasteiger partial charge on any atom is 0.163 e. The summed E-state index contributed by atoms with van der Waals surface area (Å²) < 4.78 is 6.19. The van der Waals surface area contributed by atoms with Gasteiger partial charge in [0.1, 0.15) is 5.00 Å². The molecule has 1 saturated heterocycles. The number of allylic oxidation sites excluding steroid dienone is 1. The second-order valence-electron chi connectivity index (χ2n) is 7.55. The van der Waals surface area contributed by atoms with Gasteiger partial charge in [0, 0.05) is 36.9 Å². The molecule has 1 fully saturated rings. The molecule has 0 radical (unpaired) electrons. The van der Waals surface area contributed by atoms with Gasteiger partial charge in [0.15, 0.2) is 12.0 Å². The molecular formula is C19H24N8S. The molecule has 2 atom stereocenters. The minimum atomic E-state index is -0.0527. The summed E-state index contributed by atoms with van der Waals surface area (Å²) in [6.07, 6.45) is 10.4. The van der Waals surface area contributed by atoms with Crippen molar-refractivity contribution in [1.82, 2.24) is 35.0 Å². The number of nitrogens with one attached hydrogen (secondary N) is 3. The zero-order chi connectivity index (χ0) is 19.1. The third-order valence-corrected chi connectivity index (χ3v) is 6.07. The maximum absolute atomic E-state index is 4.89. The van der Waals surface area contributed by atoms with Gasteiger partial charge in [-0.15, -0.1) is 0 Å². The van der Waals surface area contributed by atoms with Gasteiger partial charge in [-0.25, -0.2) is 4.99 Å². The molecular weight excluding hydrogens is 372 g/mol. The summed E-state index contributed by atoms with van der Waals surface area (Å²) in [4.78, 5) is 7.15. The summed E-state index contributed by atoms with van der Waals surface area (Å²) in [6.45, 7) is 4.18. The van der Waals surface area contributed by atoms with Crippen molar-refractivity contribution in [3.63, 3.8) is 0 Å². The lowest BCUT2D eigenvalue weighted by atomic mass is 10.0. The molecule has 0 saturated carbocycles. The van der Waals surface area contributed by atoms with Crippen molar-refractivity contribution < 1.29 is 0 Å². The first-order valence-electron chi connectivity index (χ1n) is 9.59. The van der Waals surface area contributed by atoms with Crippen LogP contribution in [-0.2, 0) is 7.05 Å². The van der Waals surface area contributed by atoms with Crippen LogP contribution < -0.4 is 16.0 Å². The molecule has 0 amide bonds. The Kier molecular flexibility index (Phi) is 4.40. The minimum Gasteiger partial charge on any atom is -0.363 e. The zero-order valence-electron chi connectivity index (χ0n) is 16.0. The van der Waals surface area contributed by atoms with Crippen molar-refractivity contribution in [3.8, 4) is 0 Å². The Morgan fingerprint density at radius 1 is 1.39 bits per heavy atom. The third kappa shape index (κ3) is 3.31. The van der Waals surface area contributed by atoms with E-state index in [1.54, 1.807) is 0 Å². The predicted octanol–water partition coefficient (Wildman–Crippen LogP) is 1.89. The normalized spacial score (nSPS) is 25.4. The van der Waals surface area contributed by atoms with Crippen LogP contribution in [0.3, 0.4) is 0 Å². The van der Waals surface area contributed by atoms with E-state index >= 15 is 0 Å². The van der Waals surface area contributed by atoms with E-state index in [1.807, 2.05) is 43.3 Å². The van der Waals surface area contributed by atoms with Crippen molar-refractivity contribution >= 4 is 28.1 Å². The molecule has 0 aliphatic carbocycles. The summed E-state index contributed by atoms with van der Waals surface area (Å²) in [7, 11) is 1.94. The maximum atomic E-state index is 4.89.